The van der Waals surface area contributed by atoms with Crippen molar-refractivity contribution in [2.75, 3.05) is 26.2 Å². The number of hydrogen-bond donors (Lipinski definition) is 1. The monoisotopic (exact) mass is 423 g/mol. The normalized spacial score (nSPS) is 49.6. The lowest BCUT2D eigenvalue weighted by molar-refractivity contribution is -0.571. The highest BCUT2D eigenvalue weighted by Gasteiger charge is 2.69. The van der Waals surface area contributed by atoms with E-state index in [0.717, 1.165) is 58.2 Å². The fourth-order valence-corrected chi connectivity index (χ4v) is 7.22. The molecule has 5 saturated heterocycles. The van der Waals surface area contributed by atoms with E-state index in [1.807, 2.05) is 6.92 Å². The van der Waals surface area contributed by atoms with Gasteiger partial charge in [-0.2, -0.15) is 0 Å². The maximum Gasteiger partial charge on any atom is 0.201 e. The highest BCUT2D eigenvalue weighted by molar-refractivity contribution is 5.09. The van der Waals surface area contributed by atoms with E-state index in [1.54, 1.807) is 0 Å². The second-order valence-corrected chi connectivity index (χ2v) is 11.1. The smallest absolute Gasteiger partial charge is 0.201 e. The van der Waals surface area contributed by atoms with Gasteiger partial charge in [0.1, 0.15) is 0 Å². The SMILES string of the molecule is CC1CCC2C(C)C(CCCN3CCC(CO)CC3)OC3OC4(C)CCC1C32OO4. The van der Waals surface area contributed by atoms with Crippen molar-refractivity contribution in [1.29, 1.82) is 0 Å². The first-order valence-corrected chi connectivity index (χ1v) is 12.5. The van der Waals surface area contributed by atoms with Crippen LogP contribution in [-0.4, -0.2) is 60.0 Å². The van der Waals surface area contributed by atoms with Crippen LogP contribution in [0.25, 0.3) is 0 Å². The Morgan fingerprint density at radius 1 is 1.00 bits per heavy atom. The molecular formula is C24H41NO5. The molecule has 6 rings (SSSR count). The molecule has 6 fully saturated rings. The first kappa shape index (κ1) is 21.6. The van der Waals surface area contributed by atoms with Gasteiger partial charge in [-0.3, -0.25) is 0 Å². The number of likely N-dealkylation sites (tertiary alicyclic amines) is 1. The van der Waals surface area contributed by atoms with Crippen LogP contribution >= 0.6 is 0 Å². The van der Waals surface area contributed by atoms with Crippen LogP contribution in [0.1, 0.15) is 72.1 Å². The van der Waals surface area contributed by atoms with Gasteiger partial charge in [0, 0.05) is 18.9 Å². The Bertz CT molecular complexity index is 610. The topological polar surface area (TPSA) is 60.4 Å². The highest BCUT2D eigenvalue weighted by atomic mass is 17.3. The number of rotatable bonds is 5. The summed E-state index contributed by atoms with van der Waals surface area (Å²) < 4.78 is 13.2. The summed E-state index contributed by atoms with van der Waals surface area (Å²) in [5.41, 5.74) is -0.435. The summed E-state index contributed by atoms with van der Waals surface area (Å²) in [7, 11) is 0. The van der Waals surface area contributed by atoms with Gasteiger partial charge in [-0.05, 0) is 95.2 Å². The third-order valence-electron chi connectivity index (χ3n) is 9.22. The van der Waals surface area contributed by atoms with Gasteiger partial charge in [0.2, 0.25) is 5.79 Å². The van der Waals surface area contributed by atoms with Crippen molar-refractivity contribution in [1.82, 2.24) is 4.90 Å². The molecule has 6 aliphatic rings. The fourth-order valence-electron chi connectivity index (χ4n) is 7.22. The van der Waals surface area contributed by atoms with Crippen molar-refractivity contribution in [2.24, 2.45) is 29.6 Å². The van der Waals surface area contributed by atoms with Crippen molar-refractivity contribution in [3.05, 3.63) is 0 Å². The maximum absolute atomic E-state index is 9.35. The number of aliphatic hydroxyl groups excluding tert-OH is 1. The van der Waals surface area contributed by atoms with Crippen LogP contribution in [0.5, 0.6) is 0 Å². The molecule has 0 aromatic carbocycles. The zero-order valence-electron chi connectivity index (χ0n) is 19.1. The molecule has 1 aliphatic carbocycles. The summed E-state index contributed by atoms with van der Waals surface area (Å²) in [4.78, 5) is 14.7. The van der Waals surface area contributed by atoms with Gasteiger partial charge in [0.25, 0.3) is 0 Å². The van der Waals surface area contributed by atoms with Crippen molar-refractivity contribution in [3.63, 3.8) is 0 Å². The molecule has 0 amide bonds. The lowest BCUT2D eigenvalue weighted by Crippen LogP contribution is -2.70. The molecule has 30 heavy (non-hydrogen) atoms. The molecule has 1 N–H and O–H groups in total. The second-order valence-electron chi connectivity index (χ2n) is 11.1. The van der Waals surface area contributed by atoms with Crippen LogP contribution in [0.4, 0.5) is 0 Å². The first-order chi connectivity index (χ1) is 14.4. The van der Waals surface area contributed by atoms with Gasteiger partial charge >= 0.3 is 0 Å². The maximum atomic E-state index is 9.35. The van der Waals surface area contributed by atoms with Gasteiger partial charge in [-0.25, -0.2) is 9.78 Å². The van der Waals surface area contributed by atoms with Gasteiger partial charge < -0.3 is 19.5 Å². The van der Waals surface area contributed by atoms with E-state index in [0.29, 0.717) is 36.2 Å². The Morgan fingerprint density at radius 3 is 2.57 bits per heavy atom. The molecule has 8 unspecified atom stereocenters. The van der Waals surface area contributed by atoms with Crippen LogP contribution < -0.4 is 0 Å². The summed E-state index contributed by atoms with van der Waals surface area (Å²) >= 11 is 0. The zero-order valence-corrected chi connectivity index (χ0v) is 19.1. The molecule has 2 bridgehead atoms. The summed E-state index contributed by atoms with van der Waals surface area (Å²) in [5.74, 6) is 1.77. The molecule has 6 heteroatoms. The molecule has 1 saturated carbocycles. The Labute approximate surface area is 181 Å². The van der Waals surface area contributed by atoms with Gasteiger partial charge in [0.05, 0.1) is 6.10 Å². The summed E-state index contributed by atoms with van der Waals surface area (Å²) in [6, 6.07) is 0. The van der Waals surface area contributed by atoms with Crippen LogP contribution in [0.3, 0.4) is 0 Å². The molecule has 0 aromatic rings. The predicted octanol–water partition coefficient (Wildman–Crippen LogP) is 3.72. The third-order valence-corrected chi connectivity index (χ3v) is 9.22. The fraction of sp³-hybridized carbons (Fsp3) is 1.00. The van der Waals surface area contributed by atoms with E-state index >= 15 is 0 Å². The van der Waals surface area contributed by atoms with Crippen LogP contribution in [0.2, 0.25) is 0 Å². The molecule has 0 radical (unpaired) electrons. The van der Waals surface area contributed by atoms with Crippen molar-refractivity contribution in [2.45, 2.75) is 95.9 Å². The van der Waals surface area contributed by atoms with E-state index < -0.39 is 11.4 Å². The standard InChI is InChI=1S/C24H41NO5/c1-16-6-7-20-17(2)21(5-4-12-25-13-9-18(15-26)10-14-25)27-22-24(20)19(16)8-11-23(3,28-22)29-30-24/h16-22,26H,4-15H2,1-3H3. The zero-order chi connectivity index (χ0) is 20.9. The number of aliphatic hydroxyl groups is 1. The molecular weight excluding hydrogens is 382 g/mol. The summed E-state index contributed by atoms with van der Waals surface area (Å²) in [5, 5.41) is 9.35. The van der Waals surface area contributed by atoms with E-state index in [4.69, 9.17) is 19.2 Å². The molecule has 5 heterocycles. The van der Waals surface area contributed by atoms with E-state index in [9.17, 15) is 5.11 Å². The van der Waals surface area contributed by atoms with Gasteiger partial charge in [0.15, 0.2) is 11.9 Å². The van der Waals surface area contributed by atoms with E-state index in [-0.39, 0.29) is 12.4 Å². The number of nitrogens with zero attached hydrogens (tertiary/aromatic N) is 1. The minimum absolute atomic E-state index is 0.223. The largest absolute Gasteiger partial charge is 0.396 e. The lowest BCUT2D eigenvalue weighted by Gasteiger charge is -2.60. The van der Waals surface area contributed by atoms with Gasteiger partial charge in [-0.15, -0.1) is 0 Å². The molecule has 6 nitrogen and oxygen atoms in total. The third kappa shape index (κ3) is 3.56. The van der Waals surface area contributed by atoms with Crippen LogP contribution in [-0.2, 0) is 19.2 Å². The number of ether oxygens (including phenoxy) is 2. The second kappa shape index (κ2) is 8.27. The summed E-state index contributed by atoms with van der Waals surface area (Å²) in [6.07, 6.45) is 8.80. The predicted molar refractivity (Wildman–Crippen MR) is 112 cm³/mol. The molecule has 0 aromatic heterocycles. The highest BCUT2D eigenvalue weighted by Crippen LogP contribution is 2.60. The van der Waals surface area contributed by atoms with Crippen molar-refractivity contribution < 1.29 is 24.4 Å². The van der Waals surface area contributed by atoms with Crippen LogP contribution in [0.15, 0.2) is 0 Å². The molecule has 1 spiro atoms. The summed E-state index contributed by atoms with van der Waals surface area (Å²) in [6.45, 7) is 10.4. The Hall–Kier alpha value is -0.240. The quantitative estimate of drug-likeness (QED) is 0.680. The molecule has 172 valence electrons. The van der Waals surface area contributed by atoms with Gasteiger partial charge in [-0.1, -0.05) is 13.8 Å². The van der Waals surface area contributed by atoms with E-state index in [1.165, 1.54) is 12.8 Å². The average molecular weight is 424 g/mol. The van der Waals surface area contributed by atoms with E-state index in [2.05, 4.69) is 18.7 Å². The number of piperidine rings is 1. The minimum Gasteiger partial charge on any atom is -0.396 e. The number of hydrogen-bond acceptors (Lipinski definition) is 6. The Kier molecular flexibility index (Phi) is 5.96. The Balaban J connectivity index is 1.25. The van der Waals surface area contributed by atoms with Crippen molar-refractivity contribution in [3.8, 4) is 0 Å². The lowest BCUT2D eigenvalue weighted by atomic mass is 9.57. The average Bonchev–Trinajstić information content (AvgIpc) is 2.98. The number of fused-ring (bicyclic) bond motifs is 2. The minimum atomic E-state index is -0.681. The molecule has 5 aliphatic heterocycles. The molecule has 8 atom stereocenters. The first-order valence-electron chi connectivity index (χ1n) is 12.5. The Morgan fingerprint density at radius 2 is 1.80 bits per heavy atom. The van der Waals surface area contributed by atoms with Crippen LogP contribution in [0, 0.1) is 29.6 Å². The van der Waals surface area contributed by atoms with Crippen molar-refractivity contribution >= 4 is 0 Å².